The molecule has 0 saturated carbocycles. The summed E-state index contributed by atoms with van der Waals surface area (Å²) in [7, 11) is 0. The molecule has 0 aliphatic rings. The highest BCUT2D eigenvalue weighted by molar-refractivity contribution is 6.05. The zero-order chi connectivity index (χ0) is 18.2. The van der Waals surface area contributed by atoms with Gasteiger partial charge in [-0.05, 0) is 50.2 Å². The van der Waals surface area contributed by atoms with Gasteiger partial charge in [0, 0.05) is 16.9 Å². The molecular formula is C19H20N2O4. The maximum absolute atomic E-state index is 12.2. The van der Waals surface area contributed by atoms with E-state index in [0.717, 1.165) is 5.56 Å². The SMILES string of the molecule is CCOC(=O)CC(=O)Nc1ccc(NC(=O)c2cccc(C)c2)cc1. The smallest absolute Gasteiger partial charge is 0.315 e. The largest absolute Gasteiger partial charge is 0.466 e. The van der Waals surface area contributed by atoms with Gasteiger partial charge in [-0.3, -0.25) is 14.4 Å². The molecule has 2 aromatic rings. The second kappa shape index (κ2) is 8.63. The van der Waals surface area contributed by atoms with Gasteiger partial charge in [-0.25, -0.2) is 0 Å². The molecule has 0 unspecified atom stereocenters. The number of hydrogen-bond donors (Lipinski definition) is 2. The Kier molecular flexibility index (Phi) is 6.28. The van der Waals surface area contributed by atoms with Crippen molar-refractivity contribution in [1.29, 1.82) is 0 Å². The molecule has 0 heterocycles. The molecule has 25 heavy (non-hydrogen) atoms. The fourth-order valence-electron chi connectivity index (χ4n) is 2.17. The van der Waals surface area contributed by atoms with Crippen LogP contribution in [0, 0.1) is 6.92 Å². The Morgan fingerprint density at radius 3 is 2.20 bits per heavy atom. The van der Waals surface area contributed by atoms with Gasteiger partial charge in [0.25, 0.3) is 5.91 Å². The van der Waals surface area contributed by atoms with Gasteiger partial charge >= 0.3 is 5.97 Å². The highest BCUT2D eigenvalue weighted by Crippen LogP contribution is 2.15. The van der Waals surface area contributed by atoms with Gasteiger partial charge in [-0.2, -0.15) is 0 Å². The van der Waals surface area contributed by atoms with Crippen molar-refractivity contribution in [2.24, 2.45) is 0 Å². The molecular weight excluding hydrogens is 320 g/mol. The lowest BCUT2D eigenvalue weighted by Gasteiger charge is -2.08. The van der Waals surface area contributed by atoms with Crippen LogP contribution in [-0.2, 0) is 14.3 Å². The van der Waals surface area contributed by atoms with E-state index in [1.807, 2.05) is 19.1 Å². The predicted octanol–water partition coefficient (Wildman–Crippen LogP) is 3.14. The van der Waals surface area contributed by atoms with Crippen molar-refractivity contribution < 1.29 is 19.1 Å². The molecule has 2 amide bonds. The Bertz CT molecular complexity index is 769. The minimum Gasteiger partial charge on any atom is -0.466 e. The number of nitrogens with one attached hydrogen (secondary N) is 2. The zero-order valence-electron chi connectivity index (χ0n) is 14.2. The van der Waals surface area contributed by atoms with E-state index in [2.05, 4.69) is 10.6 Å². The third-order valence-corrected chi connectivity index (χ3v) is 3.32. The minimum absolute atomic E-state index is 0.206. The average Bonchev–Trinajstić information content (AvgIpc) is 2.56. The molecule has 0 aromatic heterocycles. The van der Waals surface area contributed by atoms with E-state index in [0.29, 0.717) is 16.9 Å². The van der Waals surface area contributed by atoms with E-state index in [1.165, 1.54) is 0 Å². The van der Waals surface area contributed by atoms with Crippen LogP contribution in [0.15, 0.2) is 48.5 Å². The number of amides is 2. The molecule has 2 N–H and O–H groups in total. The predicted molar refractivity (Wildman–Crippen MR) is 95.5 cm³/mol. The molecule has 0 fully saturated rings. The summed E-state index contributed by atoms with van der Waals surface area (Å²) in [6.45, 7) is 3.84. The van der Waals surface area contributed by atoms with Crippen LogP contribution in [0.4, 0.5) is 11.4 Å². The topological polar surface area (TPSA) is 84.5 Å². The number of esters is 1. The highest BCUT2D eigenvalue weighted by Gasteiger charge is 2.10. The van der Waals surface area contributed by atoms with E-state index >= 15 is 0 Å². The quantitative estimate of drug-likeness (QED) is 0.625. The number of anilines is 2. The summed E-state index contributed by atoms with van der Waals surface area (Å²) in [5, 5.41) is 5.39. The number of hydrogen-bond acceptors (Lipinski definition) is 4. The summed E-state index contributed by atoms with van der Waals surface area (Å²) < 4.78 is 4.72. The lowest BCUT2D eigenvalue weighted by Crippen LogP contribution is -2.18. The highest BCUT2D eigenvalue weighted by atomic mass is 16.5. The standard InChI is InChI=1S/C19H20N2O4/c1-3-25-18(23)12-17(22)20-15-7-9-16(10-8-15)21-19(24)14-6-4-5-13(2)11-14/h4-11H,3,12H2,1-2H3,(H,20,22)(H,21,24). The minimum atomic E-state index is -0.568. The van der Waals surface area contributed by atoms with Crippen LogP contribution >= 0.6 is 0 Å². The van der Waals surface area contributed by atoms with Crippen LogP contribution in [0.5, 0.6) is 0 Å². The Morgan fingerprint density at radius 2 is 1.60 bits per heavy atom. The van der Waals surface area contributed by atoms with Crippen molar-refractivity contribution in [3.05, 3.63) is 59.7 Å². The molecule has 2 rings (SSSR count). The number of rotatable bonds is 6. The normalized spacial score (nSPS) is 10.0. The molecule has 6 nitrogen and oxygen atoms in total. The summed E-state index contributed by atoms with van der Waals surface area (Å²) in [5.74, 6) is -1.22. The molecule has 6 heteroatoms. The number of ether oxygens (including phenoxy) is 1. The summed E-state index contributed by atoms with van der Waals surface area (Å²) in [6, 6.07) is 13.9. The number of carbonyl (C=O) groups is 3. The maximum atomic E-state index is 12.2. The van der Waals surface area contributed by atoms with Crippen LogP contribution in [0.25, 0.3) is 0 Å². The van der Waals surface area contributed by atoms with E-state index in [4.69, 9.17) is 4.74 Å². The van der Waals surface area contributed by atoms with Crippen LogP contribution < -0.4 is 10.6 Å². The monoisotopic (exact) mass is 340 g/mol. The number of benzene rings is 2. The summed E-state index contributed by atoms with van der Waals surface area (Å²) in [6.07, 6.45) is -0.334. The molecule has 0 atom stereocenters. The summed E-state index contributed by atoms with van der Waals surface area (Å²) >= 11 is 0. The van der Waals surface area contributed by atoms with Gasteiger partial charge in [0.05, 0.1) is 6.61 Å². The van der Waals surface area contributed by atoms with Gasteiger partial charge in [0.1, 0.15) is 6.42 Å². The van der Waals surface area contributed by atoms with Gasteiger partial charge in [-0.1, -0.05) is 17.7 Å². The first-order chi connectivity index (χ1) is 12.0. The van der Waals surface area contributed by atoms with Crippen molar-refractivity contribution >= 4 is 29.2 Å². The molecule has 0 spiro atoms. The molecule has 0 radical (unpaired) electrons. The van der Waals surface area contributed by atoms with Crippen molar-refractivity contribution in [1.82, 2.24) is 0 Å². The molecule has 0 saturated heterocycles. The fourth-order valence-corrected chi connectivity index (χ4v) is 2.17. The maximum Gasteiger partial charge on any atom is 0.315 e. The third-order valence-electron chi connectivity index (χ3n) is 3.32. The fraction of sp³-hybridized carbons (Fsp3) is 0.211. The first kappa shape index (κ1) is 18.2. The van der Waals surface area contributed by atoms with E-state index < -0.39 is 11.9 Å². The number of carbonyl (C=O) groups excluding carboxylic acids is 3. The van der Waals surface area contributed by atoms with Gasteiger partial charge in [0.15, 0.2) is 0 Å². The molecule has 130 valence electrons. The first-order valence-corrected chi connectivity index (χ1v) is 7.91. The molecule has 0 bridgehead atoms. The lowest BCUT2D eigenvalue weighted by atomic mass is 10.1. The van der Waals surface area contributed by atoms with Gasteiger partial charge in [0.2, 0.25) is 5.91 Å². The van der Waals surface area contributed by atoms with E-state index in [9.17, 15) is 14.4 Å². The number of aryl methyl sites for hydroxylation is 1. The van der Waals surface area contributed by atoms with Crippen LogP contribution in [0.1, 0.15) is 29.3 Å². The van der Waals surface area contributed by atoms with Crippen molar-refractivity contribution in [2.45, 2.75) is 20.3 Å². The second-order valence-electron chi connectivity index (χ2n) is 5.43. The Hall–Kier alpha value is -3.15. The molecule has 0 aliphatic carbocycles. The zero-order valence-corrected chi connectivity index (χ0v) is 14.2. The van der Waals surface area contributed by atoms with E-state index in [-0.39, 0.29) is 18.9 Å². The Labute approximate surface area is 146 Å². The van der Waals surface area contributed by atoms with Crippen molar-refractivity contribution in [2.75, 3.05) is 17.2 Å². The van der Waals surface area contributed by atoms with Gasteiger partial charge < -0.3 is 15.4 Å². The molecule has 2 aromatic carbocycles. The summed E-state index contributed by atoms with van der Waals surface area (Å²) in [5.41, 5.74) is 2.72. The average molecular weight is 340 g/mol. The Balaban J connectivity index is 1.92. The van der Waals surface area contributed by atoms with Crippen LogP contribution in [0.3, 0.4) is 0 Å². The van der Waals surface area contributed by atoms with Gasteiger partial charge in [-0.15, -0.1) is 0 Å². The third kappa shape index (κ3) is 5.76. The summed E-state index contributed by atoms with van der Waals surface area (Å²) in [4.78, 5) is 35.1. The first-order valence-electron chi connectivity index (χ1n) is 7.91. The molecule has 0 aliphatic heterocycles. The second-order valence-corrected chi connectivity index (χ2v) is 5.43. The van der Waals surface area contributed by atoms with Crippen LogP contribution in [0.2, 0.25) is 0 Å². The van der Waals surface area contributed by atoms with E-state index in [1.54, 1.807) is 43.3 Å². The lowest BCUT2D eigenvalue weighted by molar-refractivity contribution is -0.145. The van der Waals surface area contributed by atoms with Crippen LogP contribution in [-0.4, -0.2) is 24.4 Å². The van der Waals surface area contributed by atoms with Crippen molar-refractivity contribution in [3.63, 3.8) is 0 Å². The Morgan fingerprint density at radius 1 is 0.960 bits per heavy atom. The van der Waals surface area contributed by atoms with Crippen molar-refractivity contribution in [3.8, 4) is 0 Å².